The largest absolute Gasteiger partial charge is 0.0654 e. The van der Waals surface area contributed by atoms with Gasteiger partial charge in [-0.3, -0.25) is 0 Å². The second-order valence-electron chi connectivity index (χ2n) is 6.44. The maximum absolute atomic E-state index is 8.41. The van der Waals surface area contributed by atoms with Crippen LogP contribution in [-0.2, 0) is 6.42 Å². The van der Waals surface area contributed by atoms with E-state index in [1.54, 1.807) is 0 Å². The van der Waals surface area contributed by atoms with Gasteiger partial charge in [0.1, 0.15) is 0 Å². The summed E-state index contributed by atoms with van der Waals surface area (Å²) in [5, 5.41) is 0. The number of hydrogen-bond donors (Lipinski definition) is 0. The molecule has 1 aliphatic rings. The number of hydrogen-bond acceptors (Lipinski definition) is 0. The molecule has 0 saturated heterocycles. The van der Waals surface area contributed by atoms with Gasteiger partial charge < -0.3 is 0 Å². The third kappa shape index (κ3) is 4.65. The first-order chi connectivity index (χ1) is 11.1. The highest BCUT2D eigenvalue weighted by atomic mass is 14.3. The molecule has 0 aromatic heterocycles. The van der Waals surface area contributed by atoms with E-state index in [9.17, 15) is 0 Å². The molecule has 1 aromatic rings. The highest BCUT2D eigenvalue weighted by Crippen LogP contribution is 2.37. The molecule has 20 heavy (non-hydrogen) atoms. The van der Waals surface area contributed by atoms with Crippen molar-refractivity contribution < 1.29 is 4.11 Å². The minimum Gasteiger partial charge on any atom is -0.0654 e. The highest BCUT2D eigenvalue weighted by Gasteiger charge is 2.21. The van der Waals surface area contributed by atoms with Crippen LogP contribution in [0.3, 0.4) is 0 Å². The monoisotopic (exact) mass is 275 g/mol. The SMILES string of the molecule is [2H]c1cc(C2CCC(CCC)CC2)c([2H])c([2H])c1CCCCC. The molecule has 2 rings (SSSR count). The molecule has 1 aromatic carbocycles. The van der Waals surface area contributed by atoms with Crippen LogP contribution in [0.25, 0.3) is 0 Å². The van der Waals surface area contributed by atoms with Crippen LogP contribution < -0.4 is 0 Å². The van der Waals surface area contributed by atoms with E-state index in [0.717, 1.165) is 55.6 Å². The Hall–Kier alpha value is -0.780. The van der Waals surface area contributed by atoms with Crippen LogP contribution in [0.4, 0.5) is 0 Å². The van der Waals surface area contributed by atoms with Crippen molar-refractivity contribution in [3.63, 3.8) is 0 Å². The van der Waals surface area contributed by atoms with E-state index >= 15 is 0 Å². The molecule has 0 unspecified atom stereocenters. The summed E-state index contributed by atoms with van der Waals surface area (Å²) in [5.41, 5.74) is 1.75. The van der Waals surface area contributed by atoms with Gasteiger partial charge in [0, 0.05) is 0 Å². The summed E-state index contributed by atoms with van der Waals surface area (Å²) in [6, 6.07) is 3.12. The number of rotatable bonds is 7. The summed E-state index contributed by atoms with van der Waals surface area (Å²) in [6.07, 6.45) is 11.4. The van der Waals surface area contributed by atoms with Crippen molar-refractivity contribution in [3.05, 3.63) is 35.3 Å². The Bertz CT molecular complexity index is 502. The molecule has 1 aliphatic carbocycles. The standard InChI is InChI=1S/C20H32/c1-3-5-6-8-18-11-15-20(16-12-18)19-13-9-17(7-4-2)10-14-19/h11-12,15-17,19H,3-10,13-14H2,1-2H3/i11D,12D,15D. The summed E-state index contributed by atoms with van der Waals surface area (Å²) in [7, 11) is 0. The Kier molecular flexibility index (Phi) is 5.03. The lowest BCUT2D eigenvalue weighted by Gasteiger charge is -2.28. The van der Waals surface area contributed by atoms with E-state index in [2.05, 4.69) is 13.8 Å². The van der Waals surface area contributed by atoms with E-state index in [1.165, 1.54) is 25.7 Å². The van der Waals surface area contributed by atoms with Crippen molar-refractivity contribution in [2.45, 2.75) is 84.0 Å². The third-order valence-electron chi connectivity index (χ3n) is 4.77. The van der Waals surface area contributed by atoms with Gasteiger partial charge in [-0.05, 0) is 61.5 Å². The first-order valence-electron chi connectivity index (χ1n) is 10.2. The summed E-state index contributed by atoms with van der Waals surface area (Å²) in [6.45, 7) is 4.42. The third-order valence-corrected chi connectivity index (χ3v) is 4.77. The lowest BCUT2D eigenvalue weighted by Crippen LogP contribution is -2.13. The molecule has 0 atom stereocenters. The molecule has 0 heterocycles. The average Bonchev–Trinajstić information content (AvgIpc) is 2.55. The molecule has 1 saturated carbocycles. The van der Waals surface area contributed by atoms with E-state index < -0.39 is 0 Å². The Balaban J connectivity index is 2.11. The fourth-order valence-electron chi connectivity index (χ4n) is 3.46. The van der Waals surface area contributed by atoms with E-state index in [0.29, 0.717) is 24.0 Å². The molecule has 0 N–H and O–H groups in total. The molecule has 1 fully saturated rings. The number of benzene rings is 1. The minimum atomic E-state index is 0.319. The van der Waals surface area contributed by atoms with Gasteiger partial charge in [0.15, 0.2) is 0 Å². The molecule has 112 valence electrons. The minimum absolute atomic E-state index is 0.319. The average molecular weight is 275 g/mol. The molecule has 0 spiro atoms. The highest BCUT2D eigenvalue weighted by molar-refractivity contribution is 5.25. The lowest BCUT2D eigenvalue weighted by atomic mass is 9.77. The zero-order valence-electron chi connectivity index (χ0n) is 16.3. The maximum atomic E-state index is 8.41. The molecular weight excluding hydrogens is 240 g/mol. The van der Waals surface area contributed by atoms with Crippen LogP contribution in [0, 0.1) is 5.92 Å². The van der Waals surface area contributed by atoms with Crippen molar-refractivity contribution >= 4 is 0 Å². The van der Waals surface area contributed by atoms with Crippen LogP contribution >= 0.6 is 0 Å². The first-order valence-corrected chi connectivity index (χ1v) is 8.68. The zero-order chi connectivity index (χ0) is 16.8. The number of unbranched alkanes of at least 4 members (excludes halogenated alkanes) is 2. The smallest absolute Gasteiger partial charge is 0.0626 e. The van der Waals surface area contributed by atoms with Gasteiger partial charge >= 0.3 is 0 Å². The Morgan fingerprint density at radius 1 is 1.00 bits per heavy atom. The van der Waals surface area contributed by atoms with E-state index in [4.69, 9.17) is 4.11 Å². The predicted octanol–water partition coefficient (Wildman–Crippen LogP) is 6.49. The summed E-state index contributed by atoms with van der Waals surface area (Å²) in [5.74, 6) is 1.25. The van der Waals surface area contributed by atoms with Crippen LogP contribution in [0.5, 0.6) is 0 Å². The molecule has 0 aliphatic heterocycles. The Labute approximate surface area is 130 Å². The predicted molar refractivity (Wildman–Crippen MR) is 89.3 cm³/mol. The molecule has 0 amide bonds. The van der Waals surface area contributed by atoms with Crippen molar-refractivity contribution in [3.8, 4) is 0 Å². The lowest BCUT2D eigenvalue weighted by molar-refractivity contribution is 0.308. The van der Waals surface area contributed by atoms with Gasteiger partial charge in [0.2, 0.25) is 0 Å². The molecule has 0 radical (unpaired) electrons. The van der Waals surface area contributed by atoms with Gasteiger partial charge in [-0.2, -0.15) is 0 Å². The molecule has 0 bridgehead atoms. The summed E-state index contributed by atoms with van der Waals surface area (Å²) in [4.78, 5) is 0. The van der Waals surface area contributed by atoms with Crippen LogP contribution in [0.2, 0.25) is 0 Å². The quantitative estimate of drug-likeness (QED) is 0.499. The molecule has 0 nitrogen and oxygen atoms in total. The van der Waals surface area contributed by atoms with E-state index in [-0.39, 0.29) is 0 Å². The second kappa shape index (κ2) is 8.49. The second-order valence-corrected chi connectivity index (χ2v) is 6.44. The van der Waals surface area contributed by atoms with Crippen LogP contribution in [0.1, 0.15) is 92.8 Å². The van der Waals surface area contributed by atoms with Crippen molar-refractivity contribution in [2.75, 3.05) is 0 Å². The zero-order valence-corrected chi connectivity index (χ0v) is 13.3. The van der Waals surface area contributed by atoms with Gasteiger partial charge in [-0.1, -0.05) is 63.7 Å². The first kappa shape index (κ1) is 11.8. The fourth-order valence-corrected chi connectivity index (χ4v) is 3.46. The van der Waals surface area contributed by atoms with Gasteiger partial charge in [-0.15, -0.1) is 0 Å². The summed E-state index contributed by atoms with van der Waals surface area (Å²) < 4.78 is 25.0. The van der Waals surface area contributed by atoms with E-state index in [1.807, 2.05) is 6.07 Å². The summed E-state index contributed by atoms with van der Waals surface area (Å²) >= 11 is 0. The molecule has 0 heteroatoms. The van der Waals surface area contributed by atoms with Gasteiger partial charge in [0.05, 0.1) is 4.11 Å². The van der Waals surface area contributed by atoms with Crippen molar-refractivity contribution in [1.82, 2.24) is 0 Å². The van der Waals surface area contributed by atoms with Crippen molar-refractivity contribution in [1.29, 1.82) is 0 Å². The van der Waals surface area contributed by atoms with Gasteiger partial charge in [-0.25, -0.2) is 0 Å². The van der Waals surface area contributed by atoms with Gasteiger partial charge in [0.25, 0.3) is 0 Å². The van der Waals surface area contributed by atoms with Crippen LogP contribution in [-0.4, -0.2) is 0 Å². The fraction of sp³-hybridized carbons (Fsp3) is 0.700. The van der Waals surface area contributed by atoms with Crippen molar-refractivity contribution in [2.24, 2.45) is 5.92 Å². The van der Waals surface area contributed by atoms with Crippen LogP contribution in [0.15, 0.2) is 24.2 Å². The molecular formula is C20H32. The topological polar surface area (TPSA) is 0 Å². The normalized spacial score (nSPS) is 25.0. The maximum Gasteiger partial charge on any atom is 0.0626 e. The Morgan fingerprint density at radius 3 is 2.50 bits per heavy atom. The Morgan fingerprint density at radius 2 is 1.80 bits per heavy atom.